The van der Waals surface area contributed by atoms with Crippen molar-refractivity contribution in [3.05, 3.63) is 79.1 Å². The maximum Gasteiger partial charge on any atom is 0.305 e. The van der Waals surface area contributed by atoms with Crippen molar-refractivity contribution in [2.45, 2.75) is 214 Å². The van der Waals surface area contributed by atoms with Crippen LogP contribution in [0.2, 0.25) is 4.34 Å². The quantitative estimate of drug-likeness (QED) is 0.240. The Bertz CT molecular complexity index is 1450. The molecule has 0 spiro atoms. The zero-order valence-electron chi connectivity index (χ0n) is 42.5. The van der Waals surface area contributed by atoms with Crippen LogP contribution in [-0.4, -0.2) is 18.9 Å². The van der Waals surface area contributed by atoms with Gasteiger partial charge in [-0.1, -0.05) is 195 Å². The first-order valence-corrected chi connectivity index (χ1v) is 23.9. The van der Waals surface area contributed by atoms with Gasteiger partial charge in [0.2, 0.25) is 0 Å². The summed E-state index contributed by atoms with van der Waals surface area (Å²) in [6, 6.07) is 16.1. The highest BCUT2D eigenvalue weighted by Gasteiger charge is 2.19. The molecule has 0 unspecified atom stereocenters. The lowest BCUT2D eigenvalue weighted by molar-refractivity contribution is -0.141. The highest BCUT2D eigenvalue weighted by atomic mass is 35.5. The Morgan fingerprint density at radius 1 is 0.661 bits per heavy atom. The topological polar surface area (TPSA) is 67.2 Å². The number of ketones is 1. The van der Waals surface area contributed by atoms with E-state index in [2.05, 4.69) is 144 Å². The second-order valence-corrected chi connectivity index (χ2v) is 21.8. The molecule has 0 saturated heterocycles. The van der Waals surface area contributed by atoms with Crippen LogP contribution in [0.25, 0.3) is 0 Å². The largest absolute Gasteiger partial charge is 0.469 e. The third-order valence-electron chi connectivity index (χ3n) is 7.70. The smallest absolute Gasteiger partial charge is 0.305 e. The van der Waals surface area contributed by atoms with Gasteiger partial charge in [0.15, 0.2) is 0 Å². The summed E-state index contributed by atoms with van der Waals surface area (Å²) in [4.78, 5) is 23.0. The second-order valence-electron chi connectivity index (χ2n) is 19.3. The fraction of sp³-hybridized carbons (Fsp3) is 0.673. The predicted molar refractivity (Wildman–Crippen MR) is 269 cm³/mol. The third-order valence-corrected chi connectivity index (χ3v) is 10.0. The van der Waals surface area contributed by atoms with Crippen molar-refractivity contribution < 1.29 is 14.3 Å². The first-order chi connectivity index (χ1) is 26.9. The molecule has 1 aromatic carbocycles. The normalized spacial score (nSPS) is 10.6. The van der Waals surface area contributed by atoms with Crippen molar-refractivity contribution in [2.24, 2.45) is 10.8 Å². The molecule has 0 bridgehead atoms. The number of hydrogen-bond acceptors (Lipinski definition) is 6. The fourth-order valence-electron chi connectivity index (χ4n) is 3.63. The Balaban J connectivity index is -0.000000196. The van der Waals surface area contributed by atoms with Gasteiger partial charge in [-0.15, -0.1) is 11.3 Å². The molecule has 2 aromatic heterocycles. The Kier molecular flexibility index (Phi) is 39.1. The summed E-state index contributed by atoms with van der Waals surface area (Å²) in [5.41, 5.74) is 4.28. The van der Waals surface area contributed by atoms with E-state index in [4.69, 9.17) is 16.9 Å². The molecule has 4 nitrogen and oxygen atoms in total. The summed E-state index contributed by atoms with van der Waals surface area (Å²) in [6.07, 6.45) is 7.00. The molecule has 2 heterocycles. The van der Waals surface area contributed by atoms with E-state index in [0.717, 1.165) is 29.2 Å². The molecule has 59 heavy (non-hydrogen) atoms. The van der Waals surface area contributed by atoms with E-state index < -0.39 is 0 Å². The summed E-state index contributed by atoms with van der Waals surface area (Å²) in [5, 5.41) is 12.9. The summed E-state index contributed by atoms with van der Waals surface area (Å²) in [6.45, 7) is 46.6. The minimum absolute atomic E-state index is 0.116. The number of thiophene rings is 2. The highest BCUT2D eigenvalue weighted by molar-refractivity contribution is 7.16. The summed E-state index contributed by atoms with van der Waals surface area (Å²) >= 11 is 9.21. The SMILES string of the molecule is CC.CC(C)(C)c1ccc(C#N)cc1.CC(C)(C)c1ccc(Cl)s1.CC(C)(C)c1ccsc1.CCC.CCCC.CCCC(=O)C(C)(C)C.COC(=O)CCC(C)(C)C. The fourth-order valence-corrected chi connectivity index (χ4v) is 5.62. The van der Waals surface area contributed by atoms with Crippen molar-refractivity contribution in [1.82, 2.24) is 0 Å². The Hall–Kier alpha value is -2.46. The summed E-state index contributed by atoms with van der Waals surface area (Å²) in [5.74, 6) is 0.250. The van der Waals surface area contributed by atoms with Crippen molar-refractivity contribution in [3.8, 4) is 6.07 Å². The van der Waals surface area contributed by atoms with E-state index in [-0.39, 0.29) is 27.6 Å². The van der Waals surface area contributed by atoms with E-state index in [1.165, 1.54) is 42.4 Å². The van der Waals surface area contributed by atoms with Crippen LogP contribution in [0, 0.1) is 22.2 Å². The van der Waals surface area contributed by atoms with Crippen LogP contribution in [0.4, 0.5) is 0 Å². The van der Waals surface area contributed by atoms with Crippen LogP contribution < -0.4 is 0 Å². The van der Waals surface area contributed by atoms with E-state index >= 15 is 0 Å². The lowest BCUT2D eigenvalue weighted by Crippen LogP contribution is -2.19. The molecule has 3 aromatic rings. The highest BCUT2D eigenvalue weighted by Crippen LogP contribution is 2.31. The summed E-state index contributed by atoms with van der Waals surface area (Å²) < 4.78 is 5.39. The number of ether oxygens (including phenoxy) is 1. The van der Waals surface area contributed by atoms with Crippen molar-refractivity contribution >= 4 is 46.0 Å². The van der Waals surface area contributed by atoms with Crippen molar-refractivity contribution in [2.75, 3.05) is 7.11 Å². The van der Waals surface area contributed by atoms with Gasteiger partial charge < -0.3 is 4.74 Å². The van der Waals surface area contributed by atoms with E-state index in [9.17, 15) is 9.59 Å². The Morgan fingerprint density at radius 3 is 1.32 bits per heavy atom. The maximum atomic E-state index is 11.1. The van der Waals surface area contributed by atoms with E-state index in [1.54, 1.807) is 22.7 Å². The molecule has 0 radical (unpaired) electrons. The zero-order chi connectivity index (χ0) is 47.7. The Labute approximate surface area is 380 Å². The molecule has 0 aliphatic carbocycles. The van der Waals surface area contributed by atoms with Crippen LogP contribution in [0.1, 0.15) is 219 Å². The number of carbonyl (C=O) groups is 2. The van der Waals surface area contributed by atoms with Crippen molar-refractivity contribution in [1.29, 1.82) is 5.26 Å². The van der Waals surface area contributed by atoms with Crippen LogP contribution in [0.3, 0.4) is 0 Å². The predicted octanol–water partition coefficient (Wildman–Crippen LogP) is 18.2. The number of nitrogens with zero attached hydrogens (tertiary/aromatic N) is 1. The third kappa shape index (κ3) is 42.0. The molecule has 0 N–H and O–H groups in total. The van der Waals surface area contributed by atoms with E-state index in [0.29, 0.717) is 17.6 Å². The van der Waals surface area contributed by atoms with Crippen LogP contribution in [0.5, 0.6) is 0 Å². The standard InChI is InChI=1S/C11H13N.C8H11ClS.C8H16O2.C8H16O.C8H12S.C4H10.C3H8.C2H6/c1-11(2,3)10-6-4-9(8-12)5-7-10;1-8(2,3)6-4-5-7(9)10-6;1-8(2,3)6-5-7(9)10-4;1-5-6-7(9)8(2,3)4;1-8(2,3)7-4-5-9-6-7;1-3-4-2;1-3-2;1-2/h4-7H,1-3H3;4-5H,1-3H3;5-6H2,1-4H3;5-6H2,1-4H3;4-6H,1-3H3;3-4H2,1-2H3;3H2,1-2H3;1-2H3. The molecular weight excluding hydrogens is 786 g/mol. The summed E-state index contributed by atoms with van der Waals surface area (Å²) in [7, 11) is 1.42. The lowest BCUT2D eigenvalue weighted by atomic mass is 9.87. The van der Waals surface area contributed by atoms with Gasteiger partial charge in [0, 0.05) is 23.1 Å². The second kappa shape index (κ2) is 35.2. The number of carbonyl (C=O) groups excluding carboxylic acids is 2. The number of benzene rings is 1. The number of unbranched alkanes of at least 4 members (excludes halogenated alkanes) is 1. The number of halogens is 1. The average Bonchev–Trinajstić information content (AvgIpc) is 3.85. The molecule has 342 valence electrons. The van der Waals surface area contributed by atoms with E-state index in [1.807, 2.05) is 71.9 Å². The number of rotatable bonds is 5. The van der Waals surface area contributed by atoms with Gasteiger partial charge in [0.1, 0.15) is 5.78 Å². The molecule has 0 aliphatic heterocycles. The van der Waals surface area contributed by atoms with Gasteiger partial charge in [0.25, 0.3) is 0 Å². The van der Waals surface area contributed by atoms with Gasteiger partial charge >= 0.3 is 5.97 Å². The number of esters is 1. The van der Waals surface area contributed by atoms with Crippen LogP contribution in [-0.2, 0) is 30.6 Å². The lowest BCUT2D eigenvalue weighted by Gasteiger charge is -2.18. The number of nitriles is 1. The van der Waals surface area contributed by atoms with Gasteiger partial charge in [-0.3, -0.25) is 9.59 Å². The maximum absolute atomic E-state index is 11.1. The molecule has 0 atom stereocenters. The molecule has 0 fully saturated rings. The number of hydrogen-bond donors (Lipinski definition) is 0. The molecule has 3 rings (SSSR count). The van der Waals surface area contributed by atoms with Crippen molar-refractivity contribution in [3.63, 3.8) is 0 Å². The zero-order valence-corrected chi connectivity index (χ0v) is 44.9. The van der Waals surface area contributed by atoms with Crippen LogP contribution >= 0.6 is 34.3 Å². The molecular formula is C52H92ClNO3S2. The molecule has 7 heteroatoms. The minimum atomic E-state index is -0.129. The average molecular weight is 879 g/mol. The van der Waals surface area contributed by atoms with Gasteiger partial charge in [0.05, 0.1) is 23.1 Å². The minimum Gasteiger partial charge on any atom is -0.469 e. The van der Waals surface area contributed by atoms with Gasteiger partial charge in [-0.25, -0.2) is 0 Å². The first kappa shape index (κ1) is 65.7. The first-order valence-electron chi connectivity index (χ1n) is 21.8. The molecule has 0 amide bonds. The number of methoxy groups -OCH3 is 1. The molecule has 0 saturated carbocycles. The Morgan fingerprint density at radius 2 is 1.12 bits per heavy atom. The van der Waals surface area contributed by atoms with Gasteiger partial charge in [-0.2, -0.15) is 16.6 Å². The number of Topliss-reactive ketones (excluding diaryl/α,β-unsaturated/α-hetero) is 1. The van der Waals surface area contributed by atoms with Crippen LogP contribution in [0.15, 0.2) is 53.2 Å². The molecule has 0 aliphatic rings. The van der Waals surface area contributed by atoms with Gasteiger partial charge in [-0.05, 0) is 86.7 Å². The monoisotopic (exact) mass is 878 g/mol.